The van der Waals surface area contributed by atoms with Crippen LogP contribution in [-0.2, 0) is 25.4 Å². The van der Waals surface area contributed by atoms with E-state index < -0.39 is 0 Å². The zero-order valence-electron chi connectivity index (χ0n) is 15.6. The number of imidazole rings is 1. The summed E-state index contributed by atoms with van der Waals surface area (Å²) >= 11 is 0. The van der Waals surface area contributed by atoms with Crippen LogP contribution in [0.4, 0.5) is 5.69 Å². The number of carbonyl (C=O) groups excluding carboxylic acids is 1. The maximum Gasteiger partial charge on any atom is 0.328 e. The van der Waals surface area contributed by atoms with Crippen molar-refractivity contribution < 1.29 is 4.79 Å². The van der Waals surface area contributed by atoms with Gasteiger partial charge in [0.2, 0.25) is 5.91 Å². The van der Waals surface area contributed by atoms with Crippen LogP contribution in [0.5, 0.6) is 0 Å². The molecule has 1 aliphatic heterocycles. The first kappa shape index (κ1) is 17.5. The molecule has 4 rings (SSSR count). The monoisotopic (exact) mass is 368 g/mol. The molecule has 1 saturated heterocycles. The third-order valence-corrected chi connectivity index (χ3v) is 5.36. The average molecular weight is 368 g/mol. The van der Waals surface area contributed by atoms with E-state index in [1.54, 1.807) is 29.4 Å². The molecule has 3 heterocycles. The first-order valence-electron chi connectivity index (χ1n) is 9.20. The van der Waals surface area contributed by atoms with Crippen LogP contribution in [-0.4, -0.2) is 48.9 Å². The van der Waals surface area contributed by atoms with Crippen molar-refractivity contribution in [2.75, 3.05) is 18.4 Å². The Bertz CT molecular complexity index is 1020. The van der Waals surface area contributed by atoms with Gasteiger partial charge in [0.25, 0.3) is 0 Å². The van der Waals surface area contributed by atoms with Gasteiger partial charge < -0.3 is 5.32 Å². The molecule has 1 N–H and O–H groups in total. The summed E-state index contributed by atoms with van der Waals surface area (Å²) in [6.07, 6.45) is 5.90. The van der Waals surface area contributed by atoms with Crippen LogP contribution in [0.1, 0.15) is 12.8 Å². The topological polar surface area (TPSA) is 77.1 Å². The lowest BCUT2D eigenvalue weighted by Gasteiger charge is -2.23. The molecular weight excluding hydrogens is 344 g/mol. The predicted molar refractivity (Wildman–Crippen MR) is 104 cm³/mol. The molecule has 27 heavy (non-hydrogen) atoms. The minimum absolute atomic E-state index is 0.0392. The molecule has 0 radical (unpaired) electrons. The summed E-state index contributed by atoms with van der Waals surface area (Å²) in [5, 5.41) is 7.24. The van der Waals surface area contributed by atoms with Crippen LogP contribution >= 0.6 is 0 Å². The fourth-order valence-corrected chi connectivity index (χ4v) is 3.90. The number of hydrogen-bond acceptors (Lipinski definition) is 4. The number of benzene rings is 1. The van der Waals surface area contributed by atoms with Gasteiger partial charge in [0.1, 0.15) is 0 Å². The number of hydrogen-bond donors (Lipinski definition) is 1. The number of anilines is 1. The van der Waals surface area contributed by atoms with Crippen molar-refractivity contribution in [2.45, 2.75) is 25.4 Å². The Morgan fingerprint density at radius 3 is 2.85 bits per heavy atom. The summed E-state index contributed by atoms with van der Waals surface area (Å²) in [4.78, 5) is 26.8. The Kier molecular flexibility index (Phi) is 4.57. The smallest absolute Gasteiger partial charge is 0.325 e. The Labute approximate surface area is 157 Å². The number of fused-ring (bicyclic) bond motifs is 1. The highest BCUT2D eigenvalue weighted by Crippen LogP contribution is 2.20. The molecule has 2 aromatic heterocycles. The lowest BCUT2D eigenvalue weighted by molar-refractivity contribution is -0.117. The van der Waals surface area contributed by atoms with E-state index in [0.29, 0.717) is 18.3 Å². The SMILES string of the molecule is Cn1c(=O)n(C)c2cc(NC(=O)CN3CCC[C@@H]3Cn3cccn3)ccc21. The fourth-order valence-electron chi connectivity index (χ4n) is 3.90. The second kappa shape index (κ2) is 7.03. The number of nitrogens with zero attached hydrogens (tertiary/aromatic N) is 5. The van der Waals surface area contributed by atoms with Gasteiger partial charge >= 0.3 is 5.69 Å². The van der Waals surface area contributed by atoms with Gasteiger partial charge in [-0.2, -0.15) is 5.10 Å². The number of rotatable bonds is 5. The molecule has 0 aliphatic carbocycles. The van der Waals surface area contributed by atoms with Gasteiger partial charge in [-0.15, -0.1) is 0 Å². The van der Waals surface area contributed by atoms with Crippen LogP contribution in [0.3, 0.4) is 0 Å². The highest BCUT2D eigenvalue weighted by atomic mass is 16.2. The normalized spacial score (nSPS) is 17.6. The van der Waals surface area contributed by atoms with Crippen LogP contribution < -0.4 is 11.0 Å². The molecular formula is C19H24N6O2. The maximum absolute atomic E-state index is 12.6. The van der Waals surface area contributed by atoms with Crippen LogP contribution in [0.15, 0.2) is 41.5 Å². The standard InChI is InChI=1S/C19H24N6O2/c1-22-16-7-6-14(11-17(16)23(2)19(22)27)21-18(26)13-24-9-3-5-15(24)12-25-10-4-8-20-25/h4,6-8,10-11,15H,3,5,9,12-13H2,1-2H3,(H,21,26)/t15-/m1/s1. The molecule has 142 valence electrons. The fraction of sp³-hybridized carbons (Fsp3) is 0.421. The lowest BCUT2D eigenvalue weighted by atomic mass is 10.2. The van der Waals surface area contributed by atoms with E-state index in [-0.39, 0.29) is 11.6 Å². The van der Waals surface area contributed by atoms with E-state index >= 15 is 0 Å². The largest absolute Gasteiger partial charge is 0.328 e. The maximum atomic E-state index is 12.6. The Balaban J connectivity index is 1.44. The van der Waals surface area contributed by atoms with E-state index in [1.165, 1.54) is 0 Å². The molecule has 0 bridgehead atoms. The first-order valence-corrected chi connectivity index (χ1v) is 9.20. The third-order valence-electron chi connectivity index (χ3n) is 5.36. The van der Waals surface area contributed by atoms with Gasteiger partial charge in [0.15, 0.2) is 0 Å². The first-order chi connectivity index (χ1) is 13.0. The van der Waals surface area contributed by atoms with Gasteiger partial charge in [-0.25, -0.2) is 4.79 Å². The van der Waals surface area contributed by atoms with E-state index in [4.69, 9.17) is 0 Å². The molecule has 1 fully saturated rings. The molecule has 0 spiro atoms. The van der Waals surface area contributed by atoms with Gasteiger partial charge in [0, 0.05) is 38.2 Å². The molecule has 0 saturated carbocycles. The van der Waals surface area contributed by atoms with Crippen molar-refractivity contribution in [3.63, 3.8) is 0 Å². The van der Waals surface area contributed by atoms with Gasteiger partial charge in [-0.1, -0.05) is 0 Å². The summed E-state index contributed by atoms with van der Waals surface area (Å²) in [5.74, 6) is -0.0392. The molecule has 1 atom stereocenters. The molecule has 1 amide bonds. The van der Waals surface area contributed by atoms with E-state index in [2.05, 4.69) is 15.3 Å². The van der Waals surface area contributed by atoms with Crippen molar-refractivity contribution in [3.05, 3.63) is 47.1 Å². The van der Waals surface area contributed by atoms with E-state index in [0.717, 1.165) is 37.0 Å². The summed E-state index contributed by atoms with van der Waals surface area (Å²) in [6.45, 7) is 2.08. The Morgan fingerprint density at radius 2 is 2.07 bits per heavy atom. The van der Waals surface area contributed by atoms with Crippen LogP contribution in [0.25, 0.3) is 11.0 Å². The van der Waals surface area contributed by atoms with Crippen molar-refractivity contribution >= 4 is 22.6 Å². The zero-order chi connectivity index (χ0) is 19.0. The number of likely N-dealkylation sites (tertiary alicyclic amines) is 1. The van der Waals surface area contributed by atoms with Crippen molar-refractivity contribution in [2.24, 2.45) is 14.1 Å². The molecule has 8 heteroatoms. The molecule has 1 aromatic carbocycles. The quantitative estimate of drug-likeness (QED) is 0.734. The van der Waals surface area contributed by atoms with Crippen molar-refractivity contribution in [1.29, 1.82) is 0 Å². The highest BCUT2D eigenvalue weighted by molar-refractivity contribution is 5.94. The second-order valence-electron chi connectivity index (χ2n) is 7.15. The summed E-state index contributed by atoms with van der Waals surface area (Å²) in [5.41, 5.74) is 2.28. The zero-order valence-corrected chi connectivity index (χ0v) is 15.6. The number of carbonyl (C=O) groups is 1. The summed E-state index contributed by atoms with van der Waals surface area (Å²) in [7, 11) is 3.48. The molecule has 3 aromatic rings. The minimum atomic E-state index is -0.0768. The number of nitrogens with one attached hydrogen (secondary N) is 1. The third kappa shape index (κ3) is 3.40. The Hall–Kier alpha value is -2.87. The van der Waals surface area contributed by atoms with E-state index in [9.17, 15) is 9.59 Å². The Morgan fingerprint density at radius 1 is 1.26 bits per heavy atom. The second-order valence-corrected chi connectivity index (χ2v) is 7.15. The van der Waals surface area contributed by atoms with Crippen molar-refractivity contribution in [3.8, 4) is 0 Å². The summed E-state index contributed by atoms with van der Waals surface area (Å²) < 4.78 is 5.11. The van der Waals surface area contributed by atoms with Crippen LogP contribution in [0, 0.1) is 0 Å². The van der Waals surface area contributed by atoms with Crippen molar-refractivity contribution in [1.82, 2.24) is 23.8 Å². The van der Waals surface area contributed by atoms with E-state index in [1.807, 2.05) is 35.1 Å². The lowest BCUT2D eigenvalue weighted by Crippen LogP contribution is -2.39. The van der Waals surface area contributed by atoms with Crippen LogP contribution in [0.2, 0.25) is 0 Å². The number of aryl methyl sites for hydroxylation is 2. The molecule has 1 aliphatic rings. The highest BCUT2D eigenvalue weighted by Gasteiger charge is 2.26. The number of aromatic nitrogens is 4. The molecule has 0 unspecified atom stereocenters. The number of amides is 1. The van der Waals surface area contributed by atoms with Gasteiger partial charge in [0.05, 0.1) is 24.1 Å². The average Bonchev–Trinajstić information content (AvgIpc) is 3.36. The summed E-state index contributed by atoms with van der Waals surface area (Å²) in [6, 6.07) is 7.79. The predicted octanol–water partition coefficient (Wildman–Crippen LogP) is 1.18. The molecule has 8 nitrogen and oxygen atoms in total. The minimum Gasteiger partial charge on any atom is -0.325 e. The van der Waals surface area contributed by atoms with Gasteiger partial charge in [-0.05, 0) is 43.7 Å². The van der Waals surface area contributed by atoms with Gasteiger partial charge in [-0.3, -0.25) is 23.5 Å².